The van der Waals surface area contributed by atoms with Crippen LogP contribution in [0.1, 0.15) is 64.6 Å². The highest BCUT2D eigenvalue weighted by molar-refractivity contribution is 5.72. The average molecular weight is 386 g/mol. The van der Waals surface area contributed by atoms with Crippen LogP contribution in [0.5, 0.6) is 5.75 Å². The van der Waals surface area contributed by atoms with Crippen LogP contribution in [0.4, 0.5) is 5.69 Å². The van der Waals surface area contributed by atoms with E-state index in [1.165, 1.54) is 38.9 Å². The first-order chi connectivity index (χ1) is 14.0. The van der Waals surface area contributed by atoms with Crippen LogP contribution in [0.25, 0.3) is 0 Å². The van der Waals surface area contributed by atoms with Crippen LogP contribution >= 0.6 is 0 Å². The molecule has 1 unspecified atom stereocenters. The second kappa shape index (κ2) is 7.94. The van der Waals surface area contributed by atoms with E-state index in [1.807, 2.05) is 0 Å². The first kappa shape index (κ1) is 19.6. The Bertz CT molecular complexity index is 1000. The summed E-state index contributed by atoms with van der Waals surface area (Å²) in [5.74, 6) is 1.89. The molecule has 4 rings (SSSR count). The third-order valence-corrected chi connectivity index (χ3v) is 6.44. The molecule has 0 bridgehead atoms. The molecule has 0 saturated heterocycles. The molecule has 0 fully saturated rings. The molecule has 1 atom stereocenters. The zero-order valence-corrected chi connectivity index (χ0v) is 18.2. The molecule has 1 aliphatic heterocycles. The van der Waals surface area contributed by atoms with Gasteiger partial charge in [-0.2, -0.15) is 0 Å². The zero-order valence-electron chi connectivity index (χ0n) is 18.2. The smallest absolute Gasteiger partial charge is 0.146 e. The molecule has 0 aliphatic carbocycles. The second-order valence-electron chi connectivity index (χ2n) is 8.52. The van der Waals surface area contributed by atoms with Gasteiger partial charge in [-0.3, -0.25) is 0 Å². The van der Waals surface area contributed by atoms with Crippen LogP contribution in [0, 0.1) is 20.8 Å². The number of ether oxygens (including phenoxy) is 1. The van der Waals surface area contributed by atoms with Gasteiger partial charge in [-0.15, -0.1) is 0 Å². The fraction of sp³-hybridized carbons (Fsp3) is 0.333. The lowest BCUT2D eigenvalue weighted by Gasteiger charge is -2.20. The Morgan fingerprint density at radius 1 is 0.897 bits per heavy atom. The normalized spacial score (nSPS) is 15.3. The molecule has 0 saturated carbocycles. The summed E-state index contributed by atoms with van der Waals surface area (Å²) in [4.78, 5) is 0. The Morgan fingerprint density at radius 3 is 2.24 bits per heavy atom. The van der Waals surface area contributed by atoms with Crippen LogP contribution in [0.3, 0.4) is 0 Å². The highest BCUT2D eigenvalue weighted by Gasteiger charge is 2.32. The van der Waals surface area contributed by atoms with Crippen LogP contribution < -0.4 is 10.1 Å². The molecule has 0 amide bonds. The molecule has 0 spiro atoms. The van der Waals surface area contributed by atoms with Crippen molar-refractivity contribution in [2.24, 2.45) is 0 Å². The maximum Gasteiger partial charge on any atom is 0.146 e. The van der Waals surface area contributed by atoms with Crippen LogP contribution in [-0.4, -0.2) is 6.61 Å². The lowest BCUT2D eigenvalue weighted by molar-refractivity contribution is 0.344. The lowest BCUT2D eigenvalue weighted by atomic mass is 9.85. The van der Waals surface area contributed by atoms with E-state index in [4.69, 9.17) is 4.74 Å². The van der Waals surface area contributed by atoms with E-state index in [0.29, 0.717) is 18.4 Å². The van der Waals surface area contributed by atoms with Gasteiger partial charge in [0.15, 0.2) is 0 Å². The van der Waals surface area contributed by atoms with Gasteiger partial charge in [-0.05, 0) is 60.1 Å². The van der Waals surface area contributed by atoms with Crippen LogP contribution in [0.2, 0.25) is 0 Å². The van der Waals surface area contributed by atoms with Gasteiger partial charge in [-0.1, -0.05) is 68.4 Å². The van der Waals surface area contributed by atoms with Gasteiger partial charge in [0.1, 0.15) is 5.75 Å². The van der Waals surface area contributed by atoms with Gasteiger partial charge in [0.05, 0.1) is 12.3 Å². The number of hydrogen-bond acceptors (Lipinski definition) is 2. The number of benzene rings is 3. The summed E-state index contributed by atoms with van der Waals surface area (Å²) in [6, 6.07) is 19.6. The largest absolute Gasteiger partial charge is 0.490 e. The summed E-state index contributed by atoms with van der Waals surface area (Å²) >= 11 is 0. The first-order valence-corrected chi connectivity index (χ1v) is 10.6. The summed E-state index contributed by atoms with van der Waals surface area (Å²) in [5.41, 5.74) is 10.5. The van der Waals surface area contributed by atoms with Gasteiger partial charge in [0.25, 0.3) is 0 Å². The van der Waals surface area contributed by atoms with E-state index in [2.05, 4.69) is 94.5 Å². The SMILES string of the molecule is Cc1c(C)c(NCc2ccccc2)c2c(c1C)C(c1ccc(C(C)C)cc1)CO2. The van der Waals surface area contributed by atoms with Crippen molar-refractivity contribution in [3.8, 4) is 5.75 Å². The quantitative estimate of drug-likeness (QED) is 0.517. The molecule has 29 heavy (non-hydrogen) atoms. The van der Waals surface area contributed by atoms with Crippen molar-refractivity contribution in [1.29, 1.82) is 0 Å². The third-order valence-electron chi connectivity index (χ3n) is 6.44. The average Bonchev–Trinajstić information content (AvgIpc) is 3.18. The molecular weight excluding hydrogens is 354 g/mol. The highest BCUT2D eigenvalue weighted by atomic mass is 16.5. The Hall–Kier alpha value is -2.74. The number of hydrogen-bond donors (Lipinski definition) is 1. The predicted molar refractivity (Wildman–Crippen MR) is 122 cm³/mol. The molecule has 1 N–H and O–H groups in total. The van der Waals surface area contributed by atoms with Crippen LogP contribution in [-0.2, 0) is 6.54 Å². The molecule has 3 aromatic rings. The topological polar surface area (TPSA) is 21.3 Å². The predicted octanol–water partition coefficient (Wildman–Crippen LogP) is 6.87. The van der Waals surface area contributed by atoms with E-state index in [0.717, 1.165) is 18.0 Å². The van der Waals surface area contributed by atoms with Gasteiger partial charge < -0.3 is 10.1 Å². The van der Waals surface area contributed by atoms with E-state index < -0.39 is 0 Å². The molecule has 3 aromatic carbocycles. The molecular formula is C27H31NO. The summed E-state index contributed by atoms with van der Waals surface area (Å²) in [5, 5.41) is 3.67. The number of anilines is 1. The van der Waals surface area contributed by atoms with Crippen molar-refractivity contribution in [3.05, 3.63) is 93.5 Å². The van der Waals surface area contributed by atoms with Crippen molar-refractivity contribution >= 4 is 5.69 Å². The van der Waals surface area contributed by atoms with E-state index >= 15 is 0 Å². The highest BCUT2D eigenvalue weighted by Crippen LogP contribution is 2.48. The lowest BCUT2D eigenvalue weighted by Crippen LogP contribution is -2.06. The van der Waals surface area contributed by atoms with E-state index in [-0.39, 0.29) is 0 Å². The minimum atomic E-state index is 0.294. The molecule has 0 aromatic heterocycles. The molecule has 1 heterocycles. The van der Waals surface area contributed by atoms with Gasteiger partial charge in [0, 0.05) is 18.0 Å². The van der Waals surface area contributed by atoms with Crippen molar-refractivity contribution in [2.45, 2.75) is 53.0 Å². The van der Waals surface area contributed by atoms with Crippen molar-refractivity contribution in [3.63, 3.8) is 0 Å². The van der Waals surface area contributed by atoms with E-state index in [9.17, 15) is 0 Å². The maximum atomic E-state index is 6.32. The number of fused-ring (bicyclic) bond motifs is 1. The molecule has 2 nitrogen and oxygen atoms in total. The second-order valence-corrected chi connectivity index (χ2v) is 8.52. The summed E-state index contributed by atoms with van der Waals surface area (Å²) in [6.07, 6.45) is 0. The fourth-order valence-corrected chi connectivity index (χ4v) is 4.34. The van der Waals surface area contributed by atoms with Crippen LogP contribution in [0.15, 0.2) is 54.6 Å². The monoisotopic (exact) mass is 385 g/mol. The Labute approximate surface area is 174 Å². The Balaban J connectivity index is 1.71. The Morgan fingerprint density at radius 2 is 1.59 bits per heavy atom. The van der Waals surface area contributed by atoms with E-state index in [1.54, 1.807) is 0 Å². The summed E-state index contributed by atoms with van der Waals surface area (Å²) < 4.78 is 6.32. The van der Waals surface area contributed by atoms with Gasteiger partial charge in [-0.25, -0.2) is 0 Å². The minimum Gasteiger partial charge on any atom is -0.490 e. The summed E-state index contributed by atoms with van der Waals surface area (Å²) in [7, 11) is 0. The minimum absolute atomic E-state index is 0.294. The number of nitrogens with one attached hydrogen (secondary N) is 1. The Kier molecular flexibility index (Phi) is 5.36. The van der Waals surface area contributed by atoms with Gasteiger partial charge >= 0.3 is 0 Å². The first-order valence-electron chi connectivity index (χ1n) is 10.6. The molecule has 2 heteroatoms. The molecule has 0 radical (unpaired) electrons. The molecule has 150 valence electrons. The maximum absolute atomic E-state index is 6.32. The third kappa shape index (κ3) is 3.64. The van der Waals surface area contributed by atoms with Crippen molar-refractivity contribution in [2.75, 3.05) is 11.9 Å². The summed E-state index contributed by atoms with van der Waals surface area (Å²) in [6.45, 7) is 12.7. The molecule has 1 aliphatic rings. The van der Waals surface area contributed by atoms with Gasteiger partial charge in [0.2, 0.25) is 0 Å². The zero-order chi connectivity index (χ0) is 20.5. The van der Waals surface area contributed by atoms with Crippen molar-refractivity contribution in [1.82, 2.24) is 0 Å². The fourth-order valence-electron chi connectivity index (χ4n) is 4.34. The number of rotatable bonds is 5. The standard InChI is InChI=1S/C27H31NO/c1-17(2)22-11-13-23(14-12-22)24-16-29-27-25(24)19(4)18(3)20(5)26(27)28-15-21-9-7-6-8-10-21/h6-14,17,24,28H,15-16H2,1-5H3. The van der Waals surface area contributed by atoms with Crippen molar-refractivity contribution < 1.29 is 4.74 Å².